The summed E-state index contributed by atoms with van der Waals surface area (Å²) in [6.07, 6.45) is 8.14. The Morgan fingerprint density at radius 1 is 1.08 bits per heavy atom. The SMILES string of the molecule is COc1ccc(C(=O)Nc2ccc(NC3CCCCC3)cn2)cc1. The lowest BCUT2D eigenvalue weighted by atomic mass is 9.95. The van der Waals surface area contributed by atoms with Gasteiger partial charge in [-0.3, -0.25) is 4.79 Å². The molecule has 1 aliphatic carbocycles. The van der Waals surface area contributed by atoms with Crippen LogP contribution < -0.4 is 15.4 Å². The fourth-order valence-corrected chi connectivity index (χ4v) is 2.97. The third-order valence-electron chi connectivity index (χ3n) is 4.33. The van der Waals surface area contributed by atoms with Gasteiger partial charge in [0, 0.05) is 11.6 Å². The van der Waals surface area contributed by atoms with E-state index in [1.54, 1.807) is 37.6 Å². The number of pyridine rings is 1. The molecule has 1 aromatic carbocycles. The van der Waals surface area contributed by atoms with Gasteiger partial charge in [0.1, 0.15) is 11.6 Å². The third-order valence-corrected chi connectivity index (χ3v) is 4.33. The quantitative estimate of drug-likeness (QED) is 0.869. The van der Waals surface area contributed by atoms with Gasteiger partial charge in [-0.05, 0) is 49.2 Å². The van der Waals surface area contributed by atoms with E-state index in [0.717, 1.165) is 11.4 Å². The molecule has 0 unspecified atom stereocenters. The summed E-state index contributed by atoms with van der Waals surface area (Å²) in [6, 6.07) is 11.3. The van der Waals surface area contributed by atoms with Crippen LogP contribution in [-0.2, 0) is 0 Å². The van der Waals surface area contributed by atoms with Crippen molar-refractivity contribution in [3.8, 4) is 5.75 Å². The zero-order chi connectivity index (χ0) is 16.8. The van der Waals surface area contributed by atoms with Gasteiger partial charge < -0.3 is 15.4 Å². The second kappa shape index (κ2) is 7.81. The van der Waals surface area contributed by atoms with Gasteiger partial charge in [-0.15, -0.1) is 0 Å². The van der Waals surface area contributed by atoms with Gasteiger partial charge in [0.05, 0.1) is 19.0 Å². The molecular formula is C19H23N3O2. The Hall–Kier alpha value is -2.56. The molecule has 5 nitrogen and oxygen atoms in total. The molecule has 1 aliphatic rings. The zero-order valence-electron chi connectivity index (χ0n) is 13.9. The maximum Gasteiger partial charge on any atom is 0.256 e. The molecule has 0 saturated heterocycles. The lowest BCUT2D eigenvalue weighted by Gasteiger charge is -2.23. The summed E-state index contributed by atoms with van der Waals surface area (Å²) in [7, 11) is 1.60. The molecule has 126 valence electrons. The van der Waals surface area contributed by atoms with Crippen LogP contribution in [0.5, 0.6) is 5.75 Å². The minimum atomic E-state index is -0.182. The first kappa shape index (κ1) is 16.3. The van der Waals surface area contributed by atoms with Crippen LogP contribution in [0.25, 0.3) is 0 Å². The number of nitrogens with one attached hydrogen (secondary N) is 2. The Morgan fingerprint density at radius 2 is 1.83 bits per heavy atom. The van der Waals surface area contributed by atoms with Crippen molar-refractivity contribution in [2.75, 3.05) is 17.7 Å². The third kappa shape index (κ3) is 4.25. The fourth-order valence-electron chi connectivity index (χ4n) is 2.97. The summed E-state index contributed by atoms with van der Waals surface area (Å²) < 4.78 is 5.09. The highest BCUT2D eigenvalue weighted by molar-refractivity contribution is 6.03. The number of nitrogens with zero attached hydrogens (tertiary/aromatic N) is 1. The highest BCUT2D eigenvalue weighted by atomic mass is 16.5. The van der Waals surface area contributed by atoms with Crippen molar-refractivity contribution in [1.29, 1.82) is 0 Å². The van der Waals surface area contributed by atoms with Crippen LogP contribution in [0.3, 0.4) is 0 Å². The summed E-state index contributed by atoms with van der Waals surface area (Å²) >= 11 is 0. The molecule has 1 saturated carbocycles. The maximum atomic E-state index is 12.2. The first-order valence-electron chi connectivity index (χ1n) is 8.42. The summed E-state index contributed by atoms with van der Waals surface area (Å²) in [6.45, 7) is 0. The van der Waals surface area contributed by atoms with E-state index >= 15 is 0 Å². The minimum absolute atomic E-state index is 0.182. The second-order valence-electron chi connectivity index (χ2n) is 6.09. The lowest BCUT2D eigenvalue weighted by molar-refractivity contribution is 0.102. The van der Waals surface area contributed by atoms with Gasteiger partial charge in [0.15, 0.2) is 0 Å². The zero-order valence-corrected chi connectivity index (χ0v) is 13.9. The predicted octanol–water partition coefficient (Wildman–Crippen LogP) is 4.09. The molecule has 2 aromatic rings. The molecule has 0 aliphatic heterocycles. The van der Waals surface area contributed by atoms with E-state index < -0.39 is 0 Å². The van der Waals surface area contributed by atoms with E-state index in [9.17, 15) is 4.79 Å². The van der Waals surface area contributed by atoms with Gasteiger partial charge in [-0.2, -0.15) is 0 Å². The van der Waals surface area contributed by atoms with Crippen molar-refractivity contribution in [2.45, 2.75) is 38.1 Å². The van der Waals surface area contributed by atoms with E-state index in [-0.39, 0.29) is 5.91 Å². The Balaban J connectivity index is 1.57. The van der Waals surface area contributed by atoms with Crippen molar-refractivity contribution >= 4 is 17.4 Å². The van der Waals surface area contributed by atoms with E-state index in [2.05, 4.69) is 15.6 Å². The van der Waals surface area contributed by atoms with Crippen LogP contribution >= 0.6 is 0 Å². The number of amides is 1. The molecule has 1 amide bonds. The van der Waals surface area contributed by atoms with Crippen molar-refractivity contribution in [2.24, 2.45) is 0 Å². The number of benzene rings is 1. The average Bonchev–Trinajstić information content (AvgIpc) is 2.64. The Kier molecular flexibility index (Phi) is 5.31. The highest BCUT2D eigenvalue weighted by Crippen LogP contribution is 2.22. The number of ether oxygens (including phenoxy) is 1. The number of hydrogen-bond donors (Lipinski definition) is 2. The Bertz CT molecular complexity index is 662. The van der Waals surface area contributed by atoms with Gasteiger partial charge >= 0.3 is 0 Å². The molecule has 3 rings (SSSR count). The summed E-state index contributed by atoms with van der Waals surface area (Å²) in [5, 5.41) is 6.32. The molecule has 0 atom stereocenters. The molecule has 1 aromatic heterocycles. The molecule has 0 bridgehead atoms. The van der Waals surface area contributed by atoms with Crippen LogP contribution in [0.4, 0.5) is 11.5 Å². The van der Waals surface area contributed by atoms with E-state index in [1.807, 2.05) is 12.1 Å². The molecule has 0 radical (unpaired) electrons. The lowest BCUT2D eigenvalue weighted by Crippen LogP contribution is -2.22. The first-order chi connectivity index (χ1) is 11.7. The van der Waals surface area contributed by atoms with Crippen molar-refractivity contribution in [1.82, 2.24) is 4.98 Å². The summed E-state index contributed by atoms with van der Waals surface area (Å²) in [5.41, 5.74) is 1.58. The number of hydrogen-bond acceptors (Lipinski definition) is 4. The molecule has 2 N–H and O–H groups in total. The monoisotopic (exact) mass is 325 g/mol. The Labute approximate surface area is 142 Å². The number of carbonyl (C=O) groups excluding carboxylic acids is 1. The van der Waals surface area contributed by atoms with E-state index in [1.165, 1.54) is 32.1 Å². The molecular weight excluding hydrogens is 302 g/mol. The molecule has 0 spiro atoms. The summed E-state index contributed by atoms with van der Waals surface area (Å²) in [4.78, 5) is 16.5. The van der Waals surface area contributed by atoms with Gasteiger partial charge in [-0.1, -0.05) is 19.3 Å². The number of aromatic nitrogens is 1. The van der Waals surface area contributed by atoms with Crippen molar-refractivity contribution in [3.05, 3.63) is 48.2 Å². The van der Waals surface area contributed by atoms with E-state index in [4.69, 9.17) is 4.74 Å². The van der Waals surface area contributed by atoms with Crippen molar-refractivity contribution in [3.63, 3.8) is 0 Å². The smallest absolute Gasteiger partial charge is 0.256 e. The van der Waals surface area contributed by atoms with Crippen LogP contribution in [-0.4, -0.2) is 24.0 Å². The maximum absolute atomic E-state index is 12.2. The van der Waals surface area contributed by atoms with Crippen LogP contribution in [0.2, 0.25) is 0 Å². The standard InChI is InChI=1S/C19H23N3O2/c1-24-17-10-7-14(8-11-17)19(23)22-18-12-9-16(13-20-18)21-15-5-3-2-4-6-15/h7-13,15,21H,2-6H2,1H3,(H,20,22,23). The average molecular weight is 325 g/mol. The minimum Gasteiger partial charge on any atom is -0.497 e. The number of rotatable bonds is 5. The highest BCUT2D eigenvalue weighted by Gasteiger charge is 2.13. The molecule has 5 heteroatoms. The first-order valence-corrected chi connectivity index (χ1v) is 8.42. The number of carbonyl (C=O) groups is 1. The Morgan fingerprint density at radius 3 is 2.46 bits per heavy atom. The van der Waals surface area contributed by atoms with Crippen LogP contribution in [0.15, 0.2) is 42.6 Å². The molecule has 1 heterocycles. The predicted molar refractivity (Wildman–Crippen MR) is 95.7 cm³/mol. The van der Waals surface area contributed by atoms with Gasteiger partial charge in [0.2, 0.25) is 0 Å². The second-order valence-corrected chi connectivity index (χ2v) is 6.09. The van der Waals surface area contributed by atoms with Crippen LogP contribution in [0, 0.1) is 0 Å². The van der Waals surface area contributed by atoms with Crippen LogP contribution in [0.1, 0.15) is 42.5 Å². The number of methoxy groups -OCH3 is 1. The fraction of sp³-hybridized carbons (Fsp3) is 0.368. The molecule has 1 fully saturated rings. The van der Waals surface area contributed by atoms with Gasteiger partial charge in [-0.25, -0.2) is 4.98 Å². The van der Waals surface area contributed by atoms with Gasteiger partial charge in [0.25, 0.3) is 5.91 Å². The summed E-state index contributed by atoms with van der Waals surface area (Å²) in [5.74, 6) is 1.09. The largest absolute Gasteiger partial charge is 0.497 e. The van der Waals surface area contributed by atoms with E-state index in [0.29, 0.717) is 17.4 Å². The number of anilines is 2. The molecule has 24 heavy (non-hydrogen) atoms. The topological polar surface area (TPSA) is 63.2 Å². The van der Waals surface area contributed by atoms with Crippen molar-refractivity contribution < 1.29 is 9.53 Å². The normalized spacial score (nSPS) is 14.9.